The quantitative estimate of drug-likeness (QED) is 0.331. The molecule has 176 valence electrons. The van der Waals surface area contributed by atoms with E-state index in [2.05, 4.69) is 20.7 Å². The molecule has 2 atom stereocenters. The minimum atomic E-state index is -3.78. The van der Waals surface area contributed by atoms with Crippen LogP contribution in [0.4, 0.5) is 4.39 Å². The van der Waals surface area contributed by atoms with Crippen LogP contribution < -0.4 is 4.72 Å². The summed E-state index contributed by atoms with van der Waals surface area (Å²) in [6.45, 7) is 4.79. The van der Waals surface area contributed by atoms with E-state index < -0.39 is 22.2 Å². The Balaban J connectivity index is 1.89. The minimum absolute atomic E-state index is 0.127. The Hall–Kier alpha value is -2.06. The SMILES string of the molecule is CC(C)[C@@H](F)CN(Cc1ccccc1)C[C@@H](NS(=O)(=O)c1ccc(Br)cc1)c1ccccc1. The van der Waals surface area contributed by atoms with Crippen LogP contribution in [0, 0.1) is 5.92 Å². The third-order valence-corrected chi connectivity index (χ3v) is 7.49. The second kappa shape index (κ2) is 11.9. The summed E-state index contributed by atoms with van der Waals surface area (Å²) in [5.74, 6) is -0.127. The Bertz CT molecular complexity index is 1090. The fourth-order valence-electron chi connectivity index (χ4n) is 3.53. The minimum Gasteiger partial charge on any atom is -0.294 e. The first kappa shape index (κ1) is 25.6. The topological polar surface area (TPSA) is 49.4 Å². The molecule has 7 heteroatoms. The molecule has 0 unspecified atom stereocenters. The van der Waals surface area contributed by atoms with Crippen molar-refractivity contribution < 1.29 is 12.8 Å². The molecule has 1 N–H and O–H groups in total. The van der Waals surface area contributed by atoms with Gasteiger partial charge in [0.15, 0.2) is 0 Å². The summed E-state index contributed by atoms with van der Waals surface area (Å²) >= 11 is 3.34. The standard InChI is InChI=1S/C26H30BrFN2O2S/c1-20(2)25(28)18-30(17-21-9-5-3-6-10-21)19-26(22-11-7-4-8-12-22)29-33(31,32)24-15-13-23(27)14-16-24/h3-16,20,25-26,29H,17-19H2,1-2H3/t25-,26+/m0/s1. The predicted molar refractivity (Wildman–Crippen MR) is 135 cm³/mol. The lowest BCUT2D eigenvalue weighted by molar-refractivity contribution is 0.143. The maximum atomic E-state index is 14.8. The fraction of sp³-hybridized carbons (Fsp3) is 0.308. The molecule has 0 fully saturated rings. The molecule has 0 heterocycles. The zero-order valence-electron chi connectivity index (χ0n) is 18.9. The van der Waals surface area contributed by atoms with Crippen molar-refractivity contribution in [2.45, 2.75) is 37.5 Å². The van der Waals surface area contributed by atoms with Gasteiger partial charge in [0.1, 0.15) is 6.17 Å². The second-order valence-corrected chi connectivity index (χ2v) is 11.1. The van der Waals surface area contributed by atoms with Gasteiger partial charge >= 0.3 is 0 Å². The molecule has 0 amide bonds. The van der Waals surface area contributed by atoms with E-state index in [0.29, 0.717) is 13.1 Å². The van der Waals surface area contributed by atoms with Gasteiger partial charge in [-0.15, -0.1) is 0 Å². The summed E-state index contributed by atoms with van der Waals surface area (Å²) in [4.78, 5) is 2.17. The van der Waals surface area contributed by atoms with Crippen molar-refractivity contribution in [2.24, 2.45) is 5.92 Å². The number of hydrogen-bond donors (Lipinski definition) is 1. The summed E-state index contributed by atoms with van der Waals surface area (Å²) in [6.07, 6.45) is -1.02. The number of sulfonamides is 1. The predicted octanol–water partition coefficient (Wildman–Crippen LogP) is 5.97. The summed E-state index contributed by atoms with van der Waals surface area (Å²) in [7, 11) is -3.78. The van der Waals surface area contributed by atoms with Gasteiger partial charge in [0.25, 0.3) is 0 Å². The maximum Gasteiger partial charge on any atom is 0.241 e. The molecular weight excluding hydrogens is 503 g/mol. The van der Waals surface area contributed by atoms with Crippen LogP contribution in [-0.2, 0) is 16.6 Å². The molecule has 0 spiro atoms. The van der Waals surface area contributed by atoms with Crippen molar-refractivity contribution in [3.8, 4) is 0 Å². The lowest BCUT2D eigenvalue weighted by atomic mass is 10.0. The van der Waals surface area contributed by atoms with Crippen molar-refractivity contribution >= 4 is 26.0 Å². The first-order valence-electron chi connectivity index (χ1n) is 11.0. The third-order valence-electron chi connectivity index (χ3n) is 5.47. The maximum absolute atomic E-state index is 14.8. The van der Waals surface area contributed by atoms with Crippen LogP contribution in [0.15, 0.2) is 94.3 Å². The smallest absolute Gasteiger partial charge is 0.241 e. The molecule has 3 aromatic carbocycles. The number of rotatable bonds is 11. The van der Waals surface area contributed by atoms with Crippen LogP contribution in [-0.4, -0.2) is 32.6 Å². The highest BCUT2D eigenvalue weighted by atomic mass is 79.9. The summed E-state index contributed by atoms with van der Waals surface area (Å²) < 4.78 is 44.8. The molecule has 0 radical (unpaired) electrons. The van der Waals surface area contributed by atoms with Crippen LogP contribution in [0.5, 0.6) is 0 Å². The van der Waals surface area contributed by atoms with Crippen molar-refractivity contribution in [2.75, 3.05) is 13.1 Å². The molecule has 3 aromatic rings. The van der Waals surface area contributed by atoms with E-state index in [1.807, 2.05) is 79.4 Å². The Labute approximate surface area is 205 Å². The van der Waals surface area contributed by atoms with Gasteiger partial charge in [0, 0.05) is 24.1 Å². The molecule has 0 bridgehead atoms. The van der Waals surface area contributed by atoms with Gasteiger partial charge in [-0.05, 0) is 41.3 Å². The van der Waals surface area contributed by atoms with Crippen molar-refractivity contribution in [3.63, 3.8) is 0 Å². The molecule has 0 saturated heterocycles. The highest BCUT2D eigenvalue weighted by Gasteiger charge is 2.26. The lowest BCUT2D eigenvalue weighted by Crippen LogP contribution is -2.41. The van der Waals surface area contributed by atoms with Gasteiger partial charge < -0.3 is 0 Å². The highest BCUT2D eigenvalue weighted by Crippen LogP contribution is 2.22. The summed E-state index contributed by atoms with van der Waals surface area (Å²) in [6, 6.07) is 25.3. The van der Waals surface area contributed by atoms with Crippen molar-refractivity contribution in [3.05, 3.63) is 101 Å². The van der Waals surface area contributed by atoms with E-state index in [1.165, 1.54) is 0 Å². The molecule has 0 aliphatic rings. The van der Waals surface area contributed by atoms with Gasteiger partial charge in [0.05, 0.1) is 10.9 Å². The number of hydrogen-bond acceptors (Lipinski definition) is 3. The van der Waals surface area contributed by atoms with Gasteiger partial charge in [-0.25, -0.2) is 17.5 Å². The molecule has 0 aliphatic heterocycles. The number of halogens is 2. The summed E-state index contributed by atoms with van der Waals surface area (Å²) in [5, 5.41) is 0. The molecule has 33 heavy (non-hydrogen) atoms. The second-order valence-electron chi connectivity index (χ2n) is 8.48. The van der Waals surface area contributed by atoms with Crippen LogP contribution in [0.2, 0.25) is 0 Å². The fourth-order valence-corrected chi connectivity index (χ4v) is 5.01. The Morgan fingerprint density at radius 2 is 1.45 bits per heavy atom. The normalized spacial score (nSPS) is 13.9. The zero-order valence-corrected chi connectivity index (χ0v) is 21.3. The van der Waals surface area contributed by atoms with Crippen molar-refractivity contribution in [1.29, 1.82) is 0 Å². The first-order chi connectivity index (χ1) is 15.7. The molecule has 0 aromatic heterocycles. The van der Waals surface area contributed by atoms with E-state index in [4.69, 9.17) is 0 Å². The molecule has 0 aliphatic carbocycles. The number of alkyl halides is 1. The van der Waals surface area contributed by atoms with E-state index >= 15 is 0 Å². The number of nitrogens with zero attached hydrogens (tertiary/aromatic N) is 1. The Morgan fingerprint density at radius 3 is 2.03 bits per heavy atom. The third kappa shape index (κ3) is 7.74. The van der Waals surface area contributed by atoms with Crippen LogP contribution in [0.3, 0.4) is 0 Å². The van der Waals surface area contributed by atoms with E-state index in [0.717, 1.165) is 15.6 Å². The largest absolute Gasteiger partial charge is 0.294 e. The van der Waals surface area contributed by atoms with E-state index in [-0.39, 0.29) is 17.4 Å². The molecule has 3 rings (SSSR count). The first-order valence-corrected chi connectivity index (χ1v) is 13.3. The molecule has 4 nitrogen and oxygen atoms in total. The Kier molecular flexibility index (Phi) is 9.20. The van der Waals surface area contributed by atoms with Gasteiger partial charge in [0.2, 0.25) is 10.0 Å². The molecule has 0 saturated carbocycles. The lowest BCUT2D eigenvalue weighted by Gasteiger charge is -2.30. The van der Waals surface area contributed by atoms with E-state index in [9.17, 15) is 12.8 Å². The Morgan fingerprint density at radius 1 is 0.879 bits per heavy atom. The zero-order chi connectivity index (χ0) is 23.8. The van der Waals surface area contributed by atoms with Crippen LogP contribution >= 0.6 is 15.9 Å². The van der Waals surface area contributed by atoms with Gasteiger partial charge in [-0.2, -0.15) is 0 Å². The average molecular weight is 534 g/mol. The van der Waals surface area contributed by atoms with Crippen LogP contribution in [0.1, 0.15) is 31.0 Å². The summed E-state index contributed by atoms with van der Waals surface area (Å²) in [5.41, 5.74) is 1.88. The molecular formula is C26H30BrFN2O2S. The van der Waals surface area contributed by atoms with Gasteiger partial charge in [-0.1, -0.05) is 90.4 Å². The monoisotopic (exact) mass is 532 g/mol. The highest BCUT2D eigenvalue weighted by molar-refractivity contribution is 9.10. The van der Waals surface area contributed by atoms with E-state index in [1.54, 1.807) is 24.3 Å². The number of benzene rings is 3. The average Bonchev–Trinajstić information content (AvgIpc) is 2.80. The van der Waals surface area contributed by atoms with Crippen LogP contribution in [0.25, 0.3) is 0 Å². The van der Waals surface area contributed by atoms with Gasteiger partial charge in [-0.3, -0.25) is 4.90 Å². The van der Waals surface area contributed by atoms with Crippen molar-refractivity contribution in [1.82, 2.24) is 9.62 Å². The number of nitrogens with one attached hydrogen (secondary N) is 1.